The number of rotatable bonds is 8. The predicted molar refractivity (Wildman–Crippen MR) is 160 cm³/mol. The third kappa shape index (κ3) is 5.87. The number of sulfonamides is 1. The number of nitrogens with two attached hydrogens (primary N) is 1. The van der Waals surface area contributed by atoms with Crippen molar-refractivity contribution in [2.45, 2.75) is 69.1 Å². The number of aromatic carboxylic acids is 1. The SMILES string of the molecule is C[C@H](C/C=C/[C@@H](O)[C@]1(C)CC[C@H]1CN1C[C@@]2(CCCc3cc(Cl)ccc32)COc2ccc(C(=O)O)cc21)S(N)(=O)=O. The molecule has 1 aliphatic heterocycles. The van der Waals surface area contributed by atoms with Crippen LogP contribution in [-0.2, 0) is 21.9 Å². The van der Waals surface area contributed by atoms with Crippen LogP contribution in [0.2, 0.25) is 5.02 Å². The molecule has 10 heteroatoms. The van der Waals surface area contributed by atoms with Gasteiger partial charge in [-0.25, -0.2) is 18.4 Å². The van der Waals surface area contributed by atoms with E-state index in [-0.39, 0.29) is 23.3 Å². The monoisotopic (exact) mass is 602 g/mol. The second kappa shape index (κ2) is 11.2. The van der Waals surface area contributed by atoms with Crippen LogP contribution in [0.15, 0.2) is 48.6 Å². The highest BCUT2D eigenvalue weighted by Crippen LogP contribution is 2.52. The molecule has 1 heterocycles. The average molecular weight is 603 g/mol. The van der Waals surface area contributed by atoms with Crippen LogP contribution in [0.25, 0.3) is 0 Å². The number of aliphatic hydroxyl groups is 1. The Bertz CT molecular complexity index is 1460. The Labute approximate surface area is 247 Å². The molecule has 1 fully saturated rings. The summed E-state index contributed by atoms with van der Waals surface area (Å²) in [7, 11) is -3.64. The van der Waals surface area contributed by atoms with Gasteiger partial charge in [0, 0.05) is 28.9 Å². The zero-order valence-electron chi connectivity index (χ0n) is 23.6. The van der Waals surface area contributed by atoms with Gasteiger partial charge in [-0.3, -0.25) is 0 Å². The van der Waals surface area contributed by atoms with Gasteiger partial charge in [-0.05, 0) is 92.8 Å². The van der Waals surface area contributed by atoms with E-state index in [1.165, 1.54) is 11.1 Å². The summed E-state index contributed by atoms with van der Waals surface area (Å²) in [4.78, 5) is 14.2. The second-order valence-corrected chi connectivity index (χ2v) is 14.8. The highest BCUT2D eigenvalue weighted by molar-refractivity contribution is 7.89. The van der Waals surface area contributed by atoms with E-state index in [9.17, 15) is 23.4 Å². The summed E-state index contributed by atoms with van der Waals surface area (Å²) < 4.78 is 29.6. The zero-order chi connectivity index (χ0) is 29.6. The fourth-order valence-corrected chi connectivity index (χ4v) is 7.33. The molecular weight excluding hydrogens is 564 g/mol. The van der Waals surface area contributed by atoms with Crippen LogP contribution in [-0.4, -0.2) is 55.7 Å². The molecule has 41 heavy (non-hydrogen) atoms. The van der Waals surface area contributed by atoms with E-state index in [1.54, 1.807) is 37.3 Å². The number of allylic oxidation sites excluding steroid dienone is 1. The number of primary sulfonamides is 1. The number of carbonyl (C=O) groups is 1. The summed E-state index contributed by atoms with van der Waals surface area (Å²) in [5.41, 5.74) is 2.71. The molecule has 2 aliphatic carbocycles. The van der Waals surface area contributed by atoms with Crippen molar-refractivity contribution in [2.75, 3.05) is 24.6 Å². The quantitative estimate of drug-likeness (QED) is 0.366. The number of carboxylic acid groups (broad SMARTS) is 1. The van der Waals surface area contributed by atoms with E-state index in [0.29, 0.717) is 30.5 Å². The Balaban J connectivity index is 1.45. The van der Waals surface area contributed by atoms with Gasteiger partial charge >= 0.3 is 5.97 Å². The Morgan fingerprint density at radius 2 is 2.05 bits per heavy atom. The number of benzene rings is 2. The van der Waals surface area contributed by atoms with Crippen LogP contribution in [0.1, 0.15) is 67.4 Å². The second-order valence-electron chi connectivity index (χ2n) is 12.3. The van der Waals surface area contributed by atoms with Crippen molar-refractivity contribution in [1.29, 1.82) is 0 Å². The normalized spacial score (nSPS) is 27.3. The van der Waals surface area contributed by atoms with E-state index < -0.39 is 32.8 Å². The van der Waals surface area contributed by atoms with Gasteiger partial charge in [-0.2, -0.15) is 0 Å². The first-order chi connectivity index (χ1) is 19.3. The van der Waals surface area contributed by atoms with Crippen LogP contribution in [0.3, 0.4) is 0 Å². The fraction of sp³-hybridized carbons (Fsp3) is 0.516. The summed E-state index contributed by atoms with van der Waals surface area (Å²) in [5, 5.41) is 26.2. The maximum atomic E-state index is 11.9. The van der Waals surface area contributed by atoms with Gasteiger partial charge in [0.05, 0.1) is 29.2 Å². The van der Waals surface area contributed by atoms with Crippen LogP contribution in [0.5, 0.6) is 5.75 Å². The lowest BCUT2D eigenvalue weighted by Gasteiger charge is -2.52. The molecule has 0 saturated heterocycles. The van der Waals surface area contributed by atoms with Crippen molar-refractivity contribution in [1.82, 2.24) is 0 Å². The molecule has 0 unspecified atom stereocenters. The third-order valence-corrected chi connectivity index (χ3v) is 11.3. The largest absolute Gasteiger partial charge is 0.490 e. The molecule has 0 bridgehead atoms. The number of aliphatic hydroxyl groups excluding tert-OH is 1. The van der Waals surface area contributed by atoms with E-state index in [4.69, 9.17) is 21.5 Å². The molecule has 5 rings (SSSR count). The number of hydrogen-bond donors (Lipinski definition) is 3. The van der Waals surface area contributed by atoms with Gasteiger partial charge in [0.2, 0.25) is 10.0 Å². The van der Waals surface area contributed by atoms with E-state index in [2.05, 4.69) is 17.9 Å². The summed E-state index contributed by atoms with van der Waals surface area (Å²) in [6.07, 6.45) is 7.51. The lowest BCUT2D eigenvalue weighted by Crippen LogP contribution is -2.53. The number of carboxylic acids is 1. The Morgan fingerprint density at radius 1 is 1.27 bits per heavy atom. The molecule has 0 amide bonds. The number of ether oxygens (including phenoxy) is 1. The number of halogens is 1. The molecule has 5 atom stereocenters. The molecule has 2 aromatic carbocycles. The van der Waals surface area contributed by atoms with E-state index in [0.717, 1.165) is 37.8 Å². The smallest absolute Gasteiger partial charge is 0.335 e. The molecule has 1 spiro atoms. The lowest BCUT2D eigenvalue weighted by molar-refractivity contribution is -0.0469. The van der Waals surface area contributed by atoms with Crippen molar-refractivity contribution in [2.24, 2.45) is 16.5 Å². The van der Waals surface area contributed by atoms with Crippen molar-refractivity contribution < 1.29 is 28.2 Å². The Hall–Kier alpha value is -2.59. The minimum atomic E-state index is -3.64. The van der Waals surface area contributed by atoms with Gasteiger partial charge in [-0.1, -0.05) is 36.7 Å². The first kappa shape index (κ1) is 29.9. The number of anilines is 1. The van der Waals surface area contributed by atoms with Crippen LogP contribution in [0, 0.1) is 11.3 Å². The number of nitrogens with zero attached hydrogens (tertiary/aromatic N) is 1. The Morgan fingerprint density at radius 3 is 2.73 bits per heavy atom. The van der Waals surface area contributed by atoms with Crippen molar-refractivity contribution in [3.63, 3.8) is 0 Å². The molecule has 8 nitrogen and oxygen atoms in total. The third-order valence-electron chi connectivity index (χ3n) is 9.71. The lowest BCUT2D eigenvalue weighted by atomic mass is 9.58. The zero-order valence-corrected chi connectivity index (χ0v) is 25.1. The molecule has 0 radical (unpaired) electrons. The van der Waals surface area contributed by atoms with Crippen molar-refractivity contribution >= 4 is 33.3 Å². The topological polar surface area (TPSA) is 130 Å². The summed E-state index contributed by atoms with van der Waals surface area (Å²) in [6, 6.07) is 11.1. The van der Waals surface area contributed by atoms with Crippen LogP contribution < -0.4 is 14.8 Å². The molecular formula is C31H39ClN2O6S. The molecule has 0 aromatic heterocycles. The fourth-order valence-electron chi connectivity index (χ4n) is 6.76. The van der Waals surface area contributed by atoms with E-state index >= 15 is 0 Å². The summed E-state index contributed by atoms with van der Waals surface area (Å²) >= 11 is 6.35. The summed E-state index contributed by atoms with van der Waals surface area (Å²) in [5.74, 6) is -0.207. The molecule has 4 N–H and O–H groups in total. The Kier molecular flexibility index (Phi) is 8.20. The van der Waals surface area contributed by atoms with Gasteiger partial charge in [0.1, 0.15) is 5.75 Å². The van der Waals surface area contributed by atoms with Crippen molar-refractivity contribution in [3.05, 3.63) is 70.3 Å². The number of aryl methyl sites for hydroxylation is 1. The maximum absolute atomic E-state index is 11.9. The average Bonchev–Trinajstić information content (AvgIpc) is 3.06. The number of fused-ring (bicyclic) bond motifs is 3. The highest BCUT2D eigenvalue weighted by atomic mass is 35.5. The standard InChI is InChI=1S/C31H39ClN2O6S/c1-20(41(33,38)39)5-3-7-28(35)30(2)14-12-23(30)17-34-18-31(13-4-6-21-15-24(32)9-10-25(21)31)19-40-27-11-8-22(29(36)37)16-26(27)34/h3,7-11,15-16,20,23,28,35H,4-6,12-14,17-19H2,1-2H3,(H,36,37)(H2,33,38,39)/b7-3+/t20-,23+,28-,30-,31+/m1/s1. The first-order valence-electron chi connectivity index (χ1n) is 14.2. The van der Waals surface area contributed by atoms with Gasteiger partial charge in [0.25, 0.3) is 0 Å². The van der Waals surface area contributed by atoms with Crippen LogP contribution >= 0.6 is 11.6 Å². The summed E-state index contributed by atoms with van der Waals surface area (Å²) in [6.45, 7) is 5.38. The molecule has 222 valence electrons. The maximum Gasteiger partial charge on any atom is 0.335 e. The van der Waals surface area contributed by atoms with Gasteiger partial charge in [-0.15, -0.1) is 0 Å². The van der Waals surface area contributed by atoms with E-state index in [1.807, 2.05) is 12.1 Å². The minimum Gasteiger partial charge on any atom is -0.490 e. The van der Waals surface area contributed by atoms with Gasteiger partial charge < -0.3 is 19.8 Å². The van der Waals surface area contributed by atoms with Gasteiger partial charge in [0.15, 0.2) is 0 Å². The highest BCUT2D eigenvalue weighted by Gasteiger charge is 2.49. The number of hydrogen-bond acceptors (Lipinski definition) is 6. The first-order valence-corrected chi connectivity index (χ1v) is 16.2. The predicted octanol–water partition coefficient (Wildman–Crippen LogP) is 4.91. The molecule has 1 saturated carbocycles. The molecule has 2 aromatic rings. The van der Waals surface area contributed by atoms with Crippen molar-refractivity contribution in [3.8, 4) is 5.75 Å². The molecule has 3 aliphatic rings. The van der Waals surface area contributed by atoms with Crippen LogP contribution in [0.4, 0.5) is 5.69 Å². The minimum absolute atomic E-state index is 0.127.